The monoisotopic (exact) mass is 300 g/mol. The molecular weight excluding hydrogens is 276 g/mol. The summed E-state index contributed by atoms with van der Waals surface area (Å²) in [6.07, 6.45) is 0. The summed E-state index contributed by atoms with van der Waals surface area (Å²) < 4.78 is 0. The van der Waals surface area contributed by atoms with Gasteiger partial charge in [0.05, 0.1) is 26.2 Å². The summed E-state index contributed by atoms with van der Waals surface area (Å²) >= 11 is 0. The molecule has 0 radical (unpaired) electrons. The first kappa shape index (κ1) is 19.0. The minimum absolute atomic E-state index is 0.0498. The van der Waals surface area contributed by atoms with Crippen LogP contribution in [0.4, 0.5) is 0 Å². The Balaban J connectivity index is 3.75. The SMILES string of the molecule is CCNCC(=O)NCC(=O)NCC(=O)NCC(=O)C(C)C. The van der Waals surface area contributed by atoms with Crippen molar-refractivity contribution in [2.45, 2.75) is 20.8 Å². The van der Waals surface area contributed by atoms with Crippen molar-refractivity contribution < 1.29 is 19.2 Å². The molecule has 0 aromatic heterocycles. The first-order valence-electron chi connectivity index (χ1n) is 6.90. The molecule has 0 heterocycles. The van der Waals surface area contributed by atoms with Crippen LogP contribution in [-0.2, 0) is 19.2 Å². The summed E-state index contributed by atoms with van der Waals surface area (Å²) in [6.45, 7) is 5.68. The fourth-order valence-electron chi connectivity index (χ4n) is 1.17. The van der Waals surface area contributed by atoms with Gasteiger partial charge in [0.25, 0.3) is 0 Å². The smallest absolute Gasteiger partial charge is 0.239 e. The van der Waals surface area contributed by atoms with E-state index in [0.717, 1.165) is 0 Å². The number of likely N-dealkylation sites (N-methyl/N-ethyl adjacent to an activating group) is 1. The van der Waals surface area contributed by atoms with Crippen molar-refractivity contribution in [3.8, 4) is 0 Å². The largest absolute Gasteiger partial charge is 0.347 e. The fraction of sp³-hybridized carbons (Fsp3) is 0.692. The number of ketones is 1. The summed E-state index contributed by atoms with van der Waals surface area (Å²) in [5.74, 6) is -1.43. The normalized spacial score (nSPS) is 10.1. The Morgan fingerprint density at radius 3 is 1.62 bits per heavy atom. The maximum atomic E-state index is 11.4. The second-order valence-electron chi connectivity index (χ2n) is 4.73. The topological polar surface area (TPSA) is 116 Å². The number of hydrogen-bond acceptors (Lipinski definition) is 5. The molecular formula is C13H24N4O4. The number of nitrogens with one attached hydrogen (secondary N) is 4. The van der Waals surface area contributed by atoms with Gasteiger partial charge in [0.1, 0.15) is 0 Å². The van der Waals surface area contributed by atoms with Crippen LogP contribution in [0.25, 0.3) is 0 Å². The summed E-state index contributed by atoms with van der Waals surface area (Å²) in [6, 6.07) is 0. The lowest BCUT2D eigenvalue weighted by atomic mass is 10.1. The number of Topliss-reactive ketones (excluding diaryl/α,β-unsaturated/α-hetero) is 1. The molecule has 4 N–H and O–H groups in total. The average Bonchev–Trinajstić information content (AvgIpc) is 2.45. The van der Waals surface area contributed by atoms with Crippen LogP contribution in [-0.4, -0.2) is 56.2 Å². The van der Waals surface area contributed by atoms with Crippen molar-refractivity contribution in [1.82, 2.24) is 21.3 Å². The highest BCUT2D eigenvalue weighted by molar-refractivity contribution is 5.90. The minimum Gasteiger partial charge on any atom is -0.347 e. The number of rotatable bonds is 10. The van der Waals surface area contributed by atoms with E-state index in [2.05, 4.69) is 21.3 Å². The number of hydrogen-bond donors (Lipinski definition) is 4. The lowest BCUT2D eigenvalue weighted by Crippen LogP contribution is -2.44. The van der Waals surface area contributed by atoms with Crippen molar-refractivity contribution in [2.75, 3.05) is 32.7 Å². The molecule has 0 aromatic rings. The minimum atomic E-state index is -0.467. The van der Waals surface area contributed by atoms with E-state index in [1.165, 1.54) is 0 Å². The third-order valence-electron chi connectivity index (χ3n) is 2.53. The number of carbonyl (C=O) groups excluding carboxylic acids is 4. The van der Waals surface area contributed by atoms with E-state index >= 15 is 0 Å². The van der Waals surface area contributed by atoms with Crippen molar-refractivity contribution >= 4 is 23.5 Å². The molecule has 3 amide bonds. The van der Waals surface area contributed by atoms with Gasteiger partial charge in [-0.3, -0.25) is 19.2 Å². The third kappa shape index (κ3) is 10.5. The molecule has 0 unspecified atom stereocenters. The molecule has 0 rings (SSSR count). The van der Waals surface area contributed by atoms with Gasteiger partial charge in [0.2, 0.25) is 17.7 Å². The van der Waals surface area contributed by atoms with E-state index in [1.807, 2.05) is 6.92 Å². The van der Waals surface area contributed by atoms with Crippen molar-refractivity contribution in [1.29, 1.82) is 0 Å². The predicted molar refractivity (Wildman–Crippen MR) is 77.4 cm³/mol. The quantitative estimate of drug-likeness (QED) is 0.379. The molecule has 0 bridgehead atoms. The number of amides is 3. The Morgan fingerprint density at radius 1 is 0.762 bits per heavy atom. The molecule has 0 aliphatic heterocycles. The van der Waals surface area contributed by atoms with Gasteiger partial charge >= 0.3 is 0 Å². The summed E-state index contributed by atoms with van der Waals surface area (Å²) in [4.78, 5) is 45.3. The zero-order valence-corrected chi connectivity index (χ0v) is 12.7. The van der Waals surface area contributed by atoms with Crippen LogP contribution in [0.2, 0.25) is 0 Å². The van der Waals surface area contributed by atoms with Crippen LogP contribution in [0.1, 0.15) is 20.8 Å². The summed E-state index contributed by atoms with van der Waals surface area (Å²) in [5, 5.41) is 9.99. The summed E-state index contributed by atoms with van der Waals surface area (Å²) in [5.41, 5.74) is 0. The van der Waals surface area contributed by atoms with Crippen LogP contribution in [0.3, 0.4) is 0 Å². The van der Waals surface area contributed by atoms with Crippen LogP contribution >= 0.6 is 0 Å². The molecule has 0 saturated carbocycles. The molecule has 0 aliphatic rings. The molecule has 8 heteroatoms. The van der Waals surface area contributed by atoms with E-state index in [-0.39, 0.29) is 43.8 Å². The second-order valence-corrected chi connectivity index (χ2v) is 4.73. The predicted octanol–water partition coefficient (Wildman–Crippen LogP) is -1.83. The zero-order chi connectivity index (χ0) is 16.3. The molecule has 0 spiro atoms. The van der Waals surface area contributed by atoms with Crippen LogP contribution in [0.15, 0.2) is 0 Å². The Hall–Kier alpha value is -1.96. The van der Waals surface area contributed by atoms with Crippen LogP contribution in [0.5, 0.6) is 0 Å². The second kappa shape index (κ2) is 10.8. The van der Waals surface area contributed by atoms with Gasteiger partial charge in [0, 0.05) is 5.92 Å². The Kier molecular flexibility index (Phi) is 9.78. The van der Waals surface area contributed by atoms with E-state index < -0.39 is 11.8 Å². The number of carbonyl (C=O) groups is 4. The highest BCUT2D eigenvalue weighted by Crippen LogP contribution is 1.91. The molecule has 0 aliphatic carbocycles. The standard InChI is InChI=1S/C13H24N4O4/c1-4-14-6-11(19)16-8-13(21)17-7-12(20)15-5-10(18)9(2)3/h9,14H,4-8H2,1-3H3,(H,15,20)(H,16,19)(H,17,21). The van der Waals surface area contributed by atoms with Crippen LogP contribution < -0.4 is 21.3 Å². The van der Waals surface area contributed by atoms with Gasteiger partial charge in [-0.05, 0) is 6.54 Å². The lowest BCUT2D eigenvalue weighted by molar-refractivity contribution is -0.128. The molecule has 8 nitrogen and oxygen atoms in total. The van der Waals surface area contributed by atoms with Gasteiger partial charge in [-0.15, -0.1) is 0 Å². The van der Waals surface area contributed by atoms with E-state index in [9.17, 15) is 19.2 Å². The van der Waals surface area contributed by atoms with Gasteiger partial charge in [-0.1, -0.05) is 20.8 Å². The van der Waals surface area contributed by atoms with Crippen LogP contribution in [0, 0.1) is 5.92 Å². The van der Waals surface area contributed by atoms with E-state index in [4.69, 9.17) is 0 Å². The Morgan fingerprint density at radius 2 is 1.19 bits per heavy atom. The first-order valence-corrected chi connectivity index (χ1v) is 6.90. The maximum Gasteiger partial charge on any atom is 0.239 e. The Bertz CT molecular complexity index is 382. The van der Waals surface area contributed by atoms with Gasteiger partial charge < -0.3 is 21.3 Å². The van der Waals surface area contributed by atoms with E-state index in [1.54, 1.807) is 13.8 Å². The van der Waals surface area contributed by atoms with E-state index in [0.29, 0.717) is 6.54 Å². The third-order valence-corrected chi connectivity index (χ3v) is 2.53. The highest BCUT2D eigenvalue weighted by atomic mass is 16.2. The highest BCUT2D eigenvalue weighted by Gasteiger charge is 2.10. The summed E-state index contributed by atoms with van der Waals surface area (Å²) in [7, 11) is 0. The van der Waals surface area contributed by atoms with Gasteiger partial charge in [-0.25, -0.2) is 0 Å². The van der Waals surface area contributed by atoms with Crippen molar-refractivity contribution in [3.63, 3.8) is 0 Å². The average molecular weight is 300 g/mol. The van der Waals surface area contributed by atoms with Gasteiger partial charge in [0.15, 0.2) is 5.78 Å². The molecule has 0 saturated heterocycles. The fourth-order valence-corrected chi connectivity index (χ4v) is 1.17. The molecule has 0 aromatic carbocycles. The molecule has 0 atom stereocenters. The Labute approximate surface area is 124 Å². The van der Waals surface area contributed by atoms with Crippen molar-refractivity contribution in [3.05, 3.63) is 0 Å². The zero-order valence-electron chi connectivity index (χ0n) is 12.7. The lowest BCUT2D eigenvalue weighted by Gasteiger charge is -2.08. The first-order chi connectivity index (χ1) is 9.86. The molecule has 21 heavy (non-hydrogen) atoms. The molecule has 120 valence electrons. The van der Waals surface area contributed by atoms with Crippen molar-refractivity contribution in [2.24, 2.45) is 5.92 Å². The molecule has 0 fully saturated rings. The maximum absolute atomic E-state index is 11.4. The van der Waals surface area contributed by atoms with Gasteiger partial charge in [-0.2, -0.15) is 0 Å².